The molecular formula is C12H15. The Kier molecular flexibility index (Phi) is 2.16. The summed E-state index contributed by atoms with van der Waals surface area (Å²) in [5.74, 6) is 1.37. The molecule has 0 spiro atoms. The van der Waals surface area contributed by atoms with Gasteiger partial charge >= 0.3 is 0 Å². The second-order valence-corrected chi connectivity index (χ2v) is 3.71. The largest absolute Gasteiger partial charge is 0.0622 e. The van der Waals surface area contributed by atoms with Crippen molar-refractivity contribution in [3.8, 4) is 0 Å². The number of benzene rings is 1. The van der Waals surface area contributed by atoms with Crippen molar-refractivity contribution in [3.05, 3.63) is 42.8 Å². The van der Waals surface area contributed by atoms with Gasteiger partial charge in [0, 0.05) is 0 Å². The zero-order valence-electron chi connectivity index (χ0n) is 7.37. The van der Waals surface area contributed by atoms with Crippen LogP contribution >= 0.6 is 0 Å². The van der Waals surface area contributed by atoms with Crippen molar-refractivity contribution in [2.45, 2.75) is 25.2 Å². The highest BCUT2D eigenvalue weighted by atomic mass is 14.3. The van der Waals surface area contributed by atoms with Crippen molar-refractivity contribution in [2.75, 3.05) is 0 Å². The van der Waals surface area contributed by atoms with Crippen molar-refractivity contribution in [2.24, 2.45) is 5.92 Å². The van der Waals surface area contributed by atoms with E-state index in [-0.39, 0.29) is 0 Å². The fourth-order valence-corrected chi connectivity index (χ4v) is 2.18. The molecule has 1 aliphatic carbocycles. The van der Waals surface area contributed by atoms with Gasteiger partial charge in [-0.3, -0.25) is 0 Å². The van der Waals surface area contributed by atoms with Gasteiger partial charge in [-0.25, -0.2) is 0 Å². The third kappa shape index (κ3) is 1.38. The topological polar surface area (TPSA) is 0 Å². The van der Waals surface area contributed by atoms with Gasteiger partial charge in [0.25, 0.3) is 0 Å². The third-order valence-electron chi connectivity index (χ3n) is 2.89. The number of hydrogen-bond acceptors (Lipinski definition) is 0. The highest BCUT2D eigenvalue weighted by Crippen LogP contribution is 2.38. The summed E-state index contributed by atoms with van der Waals surface area (Å²) in [6.45, 7) is 4.20. The van der Waals surface area contributed by atoms with Crippen LogP contribution in [0, 0.1) is 12.8 Å². The van der Waals surface area contributed by atoms with E-state index in [1.54, 1.807) is 0 Å². The maximum atomic E-state index is 4.20. The van der Waals surface area contributed by atoms with Crippen LogP contribution in [-0.2, 0) is 0 Å². The van der Waals surface area contributed by atoms with Gasteiger partial charge < -0.3 is 0 Å². The predicted octanol–water partition coefficient (Wildman–Crippen LogP) is 3.40. The number of hydrogen-bond donors (Lipinski definition) is 0. The van der Waals surface area contributed by atoms with E-state index in [2.05, 4.69) is 37.3 Å². The smallest absolute Gasteiger partial charge is 0.0134 e. The van der Waals surface area contributed by atoms with Crippen LogP contribution in [0.1, 0.15) is 30.7 Å². The lowest BCUT2D eigenvalue weighted by atomic mass is 9.90. The predicted molar refractivity (Wildman–Crippen MR) is 51.9 cm³/mol. The van der Waals surface area contributed by atoms with Gasteiger partial charge in [-0.1, -0.05) is 36.8 Å². The first kappa shape index (κ1) is 7.85. The van der Waals surface area contributed by atoms with Crippen molar-refractivity contribution in [1.82, 2.24) is 0 Å². The molecule has 2 rings (SSSR count). The lowest BCUT2D eigenvalue weighted by molar-refractivity contribution is 0.587. The highest BCUT2D eigenvalue weighted by molar-refractivity contribution is 5.21. The molecule has 2 atom stereocenters. The van der Waals surface area contributed by atoms with Gasteiger partial charge in [-0.2, -0.15) is 0 Å². The van der Waals surface area contributed by atoms with Crippen molar-refractivity contribution in [3.63, 3.8) is 0 Å². The number of rotatable bonds is 1. The first-order valence-electron chi connectivity index (χ1n) is 4.76. The van der Waals surface area contributed by atoms with E-state index in [0.717, 1.165) is 5.92 Å². The van der Waals surface area contributed by atoms with Gasteiger partial charge in [0.1, 0.15) is 0 Å². The Labute approximate surface area is 74.6 Å². The molecule has 0 nitrogen and oxygen atoms in total. The summed E-state index contributed by atoms with van der Waals surface area (Å²) in [5, 5.41) is 0. The summed E-state index contributed by atoms with van der Waals surface area (Å²) in [6, 6.07) is 10.8. The van der Waals surface area contributed by atoms with Crippen LogP contribution in [0.15, 0.2) is 30.3 Å². The van der Waals surface area contributed by atoms with E-state index in [4.69, 9.17) is 0 Å². The summed E-state index contributed by atoms with van der Waals surface area (Å²) in [7, 11) is 0. The van der Waals surface area contributed by atoms with Gasteiger partial charge in [0.05, 0.1) is 0 Å². The highest BCUT2D eigenvalue weighted by Gasteiger charge is 2.24. The molecule has 1 aromatic carbocycles. The molecule has 1 radical (unpaired) electrons. The summed E-state index contributed by atoms with van der Waals surface area (Å²) < 4.78 is 0. The Morgan fingerprint density at radius 1 is 1.08 bits per heavy atom. The van der Waals surface area contributed by atoms with E-state index in [1.807, 2.05) is 0 Å². The molecule has 0 N–H and O–H groups in total. The molecule has 0 saturated heterocycles. The van der Waals surface area contributed by atoms with Crippen LogP contribution in [0.3, 0.4) is 0 Å². The average Bonchev–Trinajstić information content (AvgIpc) is 2.53. The molecule has 1 aromatic rings. The quantitative estimate of drug-likeness (QED) is 0.589. The van der Waals surface area contributed by atoms with Crippen LogP contribution in [0.5, 0.6) is 0 Å². The summed E-state index contributed by atoms with van der Waals surface area (Å²) in [5.41, 5.74) is 1.48. The van der Waals surface area contributed by atoms with Crippen molar-refractivity contribution in [1.29, 1.82) is 0 Å². The van der Waals surface area contributed by atoms with Gasteiger partial charge in [0.2, 0.25) is 0 Å². The zero-order valence-corrected chi connectivity index (χ0v) is 7.37. The Morgan fingerprint density at radius 2 is 1.83 bits per heavy atom. The first-order valence-corrected chi connectivity index (χ1v) is 4.76. The minimum atomic E-state index is 0.646. The minimum absolute atomic E-state index is 0.646. The minimum Gasteiger partial charge on any atom is -0.0622 e. The molecule has 12 heavy (non-hydrogen) atoms. The lowest BCUT2D eigenvalue weighted by Gasteiger charge is -2.14. The first-order chi connectivity index (χ1) is 5.88. The lowest BCUT2D eigenvalue weighted by Crippen LogP contribution is -2.01. The van der Waals surface area contributed by atoms with E-state index < -0.39 is 0 Å². The third-order valence-corrected chi connectivity index (χ3v) is 2.89. The Balaban J connectivity index is 2.19. The molecule has 1 saturated carbocycles. The maximum absolute atomic E-state index is 4.20. The molecule has 2 unspecified atom stereocenters. The van der Waals surface area contributed by atoms with Gasteiger partial charge in [-0.05, 0) is 37.2 Å². The van der Waals surface area contributed by atoms with Crippen LogP contribution in [0.4, 0.5) is 0 Å². The van der Waals surface area contributed by atoms with E-state index in [1.165, 1.54) is 24.8 Å². The summed E-state index contributed by atoms with van der Waals surface area (Å²) >= 11 is 0. The normalized spacial score (nSPS) is 29.1. The molecular weight excluding hydrogens is 144 g/mol. The van der Waals surface area contributed by atoms with Gasteiger partial charge in [0.15, 0.2) is 0 Å². The zero-order chi connectivity index (χ0) is 8.39. The second-order valence-electron chi connectivity index (χ2n) is 3.71. The molecule has 0 bridgehead atoms. The van der Waals surface area contributed by atoms with Crippen LogP contribution < -0.4 is 0 Å². The van der Waals surface area contributed by atoms with E-state index >= 15 is 0 Å². The second kappa shape index (κ2) is 3.30. The van der Waals surface area contributed by atoms with E-state index in [0.29, 0.717) is 5.92 Å². The van der Waals surface area contributed by atoms with Crippen LogP contribution in [0.25, 0.3) is 0 Å². The van der Waals surface area contributed by atoms with E-state index in [9.17, 15) is 0 Å². The molecule has 0 aromatic heterocycles. The molecule has 0 amide bonds. The monoisotopic (exact) mass is 159 g/mol. The fourth-order valence-electron chi connectivity index (χ4n) is 2.18. The molecule has 63 valence electrons. The maximum Gasteiger partial charge on any atom is -0.0134 e. The standard InChI is InChI=1S/C12H15/c1-10-6-5-9-12(10)11-7-3-2-4-8-11/h2-4,7-8,10,12H,1,5-6,9H2. The summed E-state index contributed by atoms with van der Waals surface area (Å²) in [6.07, 6.45) is 3.99. The molecule has 1 fully saturated rings. The Morgan fingerprint density at radius 3 is 2.42 bits per heavy atom. The van der Waals surface area contributed by atoms with Crippen LogP contribution in [0.2, 0.25) is 0 Å². The van der Waals surface area contributed by atoms with Crippen LogP contribution in [-0.4, -0.2) is 0 Å². The van der Waals surface area contributed by atoms with Crippen molar-refractivity contribution < 1.29 is 0 Å². The summed E-state index contributed by atoms with van der Waals surface area (Å²) in [4.78, 5) is 0. The molecule has 0 heteroatoms. The van der Waals surface area contributed by atoms with Crippen molar-refractivity contribution >= 4 is 0 Å². The fraction of sp³-hybridized carbons (Fsp3) is 0.417. The Hall–Kier alpha value is -0.780. The Bertz CT molecular complexity index is 237. The molecule has 0 aliphatic heterocycles. The molecule has 1 aliphatic rings. The SMILES string of the molecule is [CH2]C1CCCC1c1ccccc1. The van der Waals surface area contributed by atoms with Gasteiger partial charge in [-0.15, -0.1) is 0 Å². The molecule has 0 heterocycles. The average molecular weight is 159 g/mol.